The Morgan fingerprint density at radius 2 is 2.35 bits per heavy atom. The van der Waals surface area contributed by atoms with Crippen LogP contribution in [0.25, 0.3) is 11.7 Å². The Kier molecular flexibility index (Phi) is 3.55. The smallest absolute Gasteiger partial charge is 0.293 e. The van der Waals surface area contributed by atoms with Gasteiger partial charge in [-0.1, -0.05) is 5.16 Å². The standard InChI is InChI=1S/C11H15N3O3/c1-3-15-6-8(12)10-13-11(17-14-10)9-7(2)4-5-16-9/h4-5,8H,3,6,12H2,1-2H3. The van der Waals surface area contributed by atoms with Gasteiger partial charge >= 0.3 is 0 Å². The van der Waals surface area contributed by atoms with Crippen LogP contribution in [0.1, 0.15) is 24.4 Å². The van der Waals surface area contributed by atoms with Crippen LogP contribution in [-0.2, 0) is 4.74 Å². The summed E-state index contributed by atoms with van der Waals surface area (Å²) in [5, 5.41) is 3.81. The highest BCUT2D eigenvalue weighted by atomic mass is 16.5. The Hall–Kier alpha value is -1.66. The molecule has 0 bridgehead atoms. The van der Waals surface area contributed by atoms with Crippen LogP contribution in [0.2, 0.25) is 0 Å². The number of nitrogens with two attached hydrogens (primary N) is 1. The van der Waals surface area contributed by atoms with E-state index in [-0.39, 0.29) is 6.04 Å². The zero-order chi connectivity index (χ0) is 12.3. The van der Waals surface area contributed by atoms with Gasteiger partial charge in [0.05, 0.1) is 18.9 Å². The molecule has 2 N–H and O–H groups in total. The van der Waals surface area contributed by atoms with Gasteiger partial charge in [0.15, 0.2) is 11.6 Å². The molecule has 2 heterocycles. The van der Waals surface area contributed by atoms with E-state index in [1.165, 1.54) is 0 Å². The van der Waals surface area contributed by atoms with Crippen LogP contribution in [-0.4, -0.2) is 23.4 Å². The van der Waals surface area contributed by atoms with Crippen LogP contribution < -0.4 is 5.73 Å². The number of nitrogens with zero attached hydrogens (tertiary/aromatic N) is 2. The van der Waals surface area contributed by atoms with Crippen molar-refractivity contribution >= 4 is 0 Å². The summed E-state index contributed by atoms with van der Waals surface area (Å²) in [6.45, 7) is 4.78. The maximum absolute atomic E-state index is 5.85. The molecule has 0 aliphatic heterocycles. The Morgan fingerprint density at radius 1 is 1.53 bits per heavy atom. The molecule has 0 spiro atoms. The van der Waals surface area contributed by atoms with Gasteiger partial charge in [-0.05, 0) is 19.9 Å². The SMILES string of the molecule is CCOCC(N)c1noc(-c2occc2C)n1. The van der Waals surface area contributed by atoms with Gasteiger partial charge in [-0.3, -0.25) is 0 Å². The number of ether oxygens (including phenoxy) is 1. The molecular formula is C11H15N3O3. The summed E-state index contributed by atoms with van der Waals surface area (Å²) in [4.78, 5) is 4.19. The topological polar surface area (TPSA) is 87.3 Å². The third-order valence-electron chi connectivity index (χ3n) is 2.33. The second-order valence-corrected chi connectivity index (χ2v) is 3.66. The lowest BCUT2D eigenvalue weighted by Crippen LogP contribution is -2.18. The van der Waals surface area contributed by atoms with Crippen LogP contribution in [0.5, 0.6) is 0 Å². The molecule has 17 heavy (non-hydrogen) atoms. The maximum Gasteiger partial charge on any atom is 0.293 e. The highest BCUT2D eigenvalue weighted by molar-refractivity contribution is 5.49. The van der Waals surface area contributed by atoms with Gasteiger partial charge in [0.2, 0.25) is 0 Å². The number of hydrogen-bond donors (Lipinski definition) is 1. The first-order valence-corrected chi connectivity index (χ1v) is 5.43. The summed E-state index contributed by atoms with van der Waals surface area (Å²) >= 11 is 0. The lowest BCUT2D eigenvalue weighted by molar-refractivity contribution is 0.130. The van der Waals surface area contributed by atoms with Crippen LogP contribution in [0.3, 0.4) is 0 Å². The molecule has 1 atom stereocenters. The number of hydrogen-bond acceptors (Lipinski definition) is 6. The van der Waals surface area contributed by atoms with E-state index >= 15 is 0 Å². The molecule has 2 aromatic heterocycles. The minimum atomic E-state index is -0.386. The normalized spacial score (nSPS) is 12.9. The van der Waals surface area contributed by atoms with Gasteiger partial charge < -0.3 is 19.4 Å². The van der Waals surface area contributed by atoms with E-state index in [9.17, 15) is 0 Å². The Morgan fingerprint density at radius 3 is 3.00 bits per heavy atom. The van der Waals surface area contributed by atoms with Crippen LogP contribution >= 0.6 is 0 Å². The van der Waals surface area contributed by atoms with Crippen molar-refractivity contribution in [2.75, 3.05) is 13.2 Å². The third kappa shape index (κ3) is 2.54. The van der Waals surface area contributed by atoms with E-state index in [4.69, 9.17) is 19.4 Å². The van der Waals surface area contributed by atoms with Gasteiger partial charge in [-0.15, -0.1) is 0 Å². The molecule has 0 saturated carbocycles. The summed E-state index contributed by atoms with van der Waals surface area (Å²) < 4.78 is 15.6. The fourth-order valence-corrected chi connectivity index (χ4v) is 1.39. The Labute approximate surface area is 98.7 Å². The first kappa shape index (κ1) is 11.8. The fraction of sp³-hybridized carbons (Fsp3) is 0.455. The monoisotopic (exact) mass is 237 g/mol. The molecule has 92 valence electrons. The largest absolute Gasteiger partial charge is 0.459 e. The van der Waals surface area contributed by atoms with Crippen molar-refractivity contribution in [2.24, 2.45) is 5.73 Å². The van der Waals surface area contributed by atoms with E-state index in [2.05, 4.69) is 10.1 Å². The minimum absolute atomic E-state index is 0.342. The highest BCUT2D eigenvalue weighted by Crippen LogP contribution is 2.23. The summed E-state index contributed by atoms with van der Waals surface area (Å²) in [6, 6.07) is 1.45. The molecule has 1 unspecified atom stereocenters. The predicted molar refractivity (Wildman–Crippen MR) is 60.2 cm³/mol. The molecule has 0 amide bonds. The van der Waals surface area contributed by atoms with Gasteiger partial charge in [0.25, 0.3) is 5.89 Å². The quantitative estimate of drug-likeness (QED) is 0.851. The predicted octanol–water partition coefficient (Wildman–Crippen LogP) is 1.67. The average Bonchev–Trinajstić information content (AvgIpc) is 2.93. The first-order chi connectivity index (χ1) is 8.22. The minimum Gasteiger partial charge on any atom is -0.459 e. The van der Waals surface area contributed by atoms with Crippen molar-refractivity contribution in [1.29, 1.82) is 0 Å². The average molecular weight is 237 g/mol. The van der Waals surface area contributed by atoms with E-state index in [1.807, 2.05) is 19.9 Å². The Balaban J connectivity index is 2.13. The molecule has 2 rings (SSSR count). The molecule has 6 nitrogen and oxygen atoms in total. The third-order valence-corrected chi connectivity index (χ3v) is 2.33. The van der Waals surface area contributed by atoms with Gasteiger partial charge in [-0.25, -0.2) is 0 Å². The van der Waals surface area contributed by atoms with Crippen molar-refractivity contribution in [3.05, 3.63) is 23.7 Å². The molecule has 2 aromatic rings. The number of aryl methyl sites for hydroxylation is 1. The van der Waals surface area contributed by atoms with Crippen molar-refractivity contribution in [2.45, 2.75) is 19.9 Å². The number of furan rings is 1. The van der Waals surface area contributed by atoms with E-state index in [0.29, 0.717) is 30.7 Å². The van der Waals surface area contributed by atoms with E-state index in [0.717, 1.165) is 5.56 Å². The molecule has 6 heteroatoms. The molecule has 0 aliphatic carbocycles. The van der Waals surface area contributed by atoms with Crippen LogP contribution in [0, 0.1) is 6.92 Å². The number of aromatic nitrogens is 2. The molecule has 0 aromatic carbocycles. The summed E-state index contributed by atoms with van der Waals surface area (Å²) in [7, 11) is 0. The second-order valence-electron chi connectivity index (χ2n) is 3.66. The van der Waals surface area contributed by atoms with E-state index < -0.39 is 0 Å². The Bertz CT molecular complexity index is 478. The van der Waals surface area contributed by atoms with Crippen LogP contribution in [0.4, 0.5) is 0 Å². The molecule has 0 aliphatic rings. The molecule has 0 saturated heterocycles. The van der Waals surface area contributed by atoms with E-state index in [1.54, 1.807) is 6.26 Å². The highest BCUT2D eigenvalue weighted by Gasteiger charge is 2.18. The molecule has 0 radical (unpaired) electrons. The summed E-state index contributed by atoms with van der Waals surface area (Å²) in [5.74, 6) is 1.34. The fourth-order valence-electron chi connectivity index (χ4n) is 1.39. The van der Waals surface area contributed by atoms with Crippen molar-refractivity contribution in [3.63, 3.8) is 0 Å². The zero-order valence-electron chi connectivity index (χ0n) is 9.84. The van der Waals surface area contributed by atoms with Gasteiger partial charge in [0, 0.05) is 12.2 Å². The maximum atomic E-state index is 5.85. The molecule has 0 fully saturated rings. The number of rotatable bonds is 5. The van der Waals surface area contributed by atoms with Gasteiger partial charge in [0.1, 0.15) is 0 Å². The lowest BCUT2D eigenvalue weighted by atomic mass is 10.3. The summed E-state index contributed by atoms with van der Waals surface area (Å²) in [6.07, 6.45) is 1.58. The van der Waals surface area contributed by atoms with Crippen molar-refractivity contribution < 1.29 is 13.7 Å². The first-order valence-electron chi connectivity index (χ1n) is 5.43. The summed E-state index contributed by atoms with van der Waals surface area (Å²) in [5.41, 5.74) is 6.79. The van der Waals surface area contributed by atoms with Gasteiger partial charge in [-0.2, -0.15) is 4.98 Å². The second kappa shape index (κ2) is 5.11. The lowest BCUT2D eigenvalue weighted by Gasteiger charge is -2.05. The zero-order valence-corrected chi connectivity index (χ0v) is 9.84. The van der Waals surface area contributed by atoms with Crippen molar-refractivity contribution in [3.8, 4) is 11.7 Å². The van der Waals surface area contributed by atoms with Crippen LogP contribution in [0.15, 0.2) is 21.3 Å². The van der Waals surface area contributed by atoms with Crippen molar-refractivity contribution in [1.82, 2.24) is 10.1 Å². The molecular weight excluding hydrogens is 222 g/mol.